The Labute approximate surface area is 121 Å². The van der Waals surface area contributed by atoms with Crippen LogP contribution in [0.3, 0.4) is 0 Å². The van der Waals surface area contributed by atoms with Gasteiger partial charge in [0.2, 0.25) is 5.91 Å². The number of carboxylic acids is 1. The van der Waals surface area contributed by atoms with E-state index in [2.05, 4.69) is 0 Å². The molecule has 1 heterocycles. The molecule has 2 rings (SSSR count). The summed E-state index contributed by atoms with van der Waals surface area (Å²) >= 11 is 0. The highest BCUT2D eigenvalue weighted by atomic mass is 16.6. The zero-order chi connectivity index (χ0) is 15.4. The summed E-state index contributed by atoms with van der Waals surface area (Å²) in [5.41, 5.74) is 0.266. The highest BCUT2D eigenvalue weighted by molar-refractivity contribution is 5.81. The predicted octanol–water partition coefficient (Wildman–Crippen LogP) is 1.46. The number of hydrogen-bond acceptors (Lipinski definition) is 4. The molecule has 1 fully saturated rings. The van der Waals surface area contributed by atoms with Crippen LogP contribution in [0.1, 0.15) is 18.4 Å². The lowest BCUT2D eigenvalue weighted by molar-refractivity contribution is -0.385. The molecular formula is C14H16N2O5. The van der Waals surface area contributed by atoms with Crippen molar-refractivity contribution in [1.82, 2.24) is 4.90 Å². The molecule has 0 aromatic heterocycles. The van der Waals surface area contributed by atoms with Crippen molar-refractivity contribution in [1.29, 1.82) is 0 Å². The van der Waals surface area contributed by atoms with Crippen LogP contribution in [0.2, 0.25) is 0 Å². The fourth-order valence-corrected chi connectivity index (χ4v) is 2.52. The third-order valence-corrected chi connectivity index (χ3v) is 3.65. The lowest BCUT2D eigenvalue weighted by atomic mass is 9.97. The minimum Gasteiger partial charge on any atom is -0.481 e. The molecular weight excluding hydrogens is 276 g/mol. The Hall–Kier alpha value is -2.44. The largest absolute Gasteiger partial charge is 0.481 e. The smallest absolute Gasteiger partial charge is 0.308 e. The van der Waals surface area contributed by atoms with Crippen molar-refractivity contribution in [2.45, 2.75) is 19.3 Å². The summed E-state index contributed by atoms with van der Waals surface area (Å²) in [6.45, 7) is 0.679. The third kappa shape index (κ3) is 3.56. The molecule has 0 aliphatic carbocycles. The number of likely N-dealkylation sites (tertiary alicyclic amines) is 1. The quantitative estimate of drug-likeness (QED) is 0.668. The Morgan fingerprint density at radius 3 is 2.76 bits per heavy atom. The second-order valence-corrected chi connectivity index (χ2v) is 5.08. The molecule has 112 valence electrons. The van der Waals surface area contributed by atoms with Crippen LogP contribution in [0, 0.1) is 16.0 Å². The number of carbonyl (C=O) groups excluding carboxylic acids is 1. The number of carbonyl (C=O) groups is 2. The van der Waals surface area contributed by atoms with Gasteiger partial charge in [-0.2, -0.15) is 0 Å². The van der Waals surface area contributed by atoms with Gasteiger partial charge in [0.05, 0.1) is 17.3 Å². The van der Waals surface area contributed by atoms with Crippen molar-refractivity contribution in [3.63, 3.8) is 0 Å². The number of nitro groups is 1. The SMILES string of the molecule is O=C(O)[C@@H]1CCCN(C(=O)Cc2ccccc2[N+](=O)[O-])C1. The molecule has 21 heavy (non-hydrogen) atoms. The van der Waals surface area contributed by atoms with Gasteiger partial charge in [0.15, 0.2) is 0 Å². The van der Waals surface area contributed by atoms with Crippen molar-refractivity contribution >= 4 is 17.6 Å². The van der Waals surface area contributed by atoms with E-state index >= 15 is 0 Å². The monoisotopic (exact) mass is 292 g/mol. The van der Waals surface area contributed by atoms with Gasteiger partial charge < -0.3 is 10.0 Å². The number of nitro benzene ring substituents is 1. The van der Waals surface area contributed by atoms with E-state index in [1.54, 1.807) is 18.2 Å². The Balaban J connectivity index is 2.08. The lowest BCUT2D eigenvalue weighted by Crippen LogP contribution is -2.43. The number of carboxylic acid groups (broad SMARTS) is 1. The van der Waals surface area contributed by atoms with Crippen molar-refractivity contribution in [2.75, 3.05) is 13.1 Å². The van der Waals surface area contributed by atoms with E-state index < -0.39 is 16.8 Å². The number of piperidine rings is 1. The van der Waals surface area contributed by atoms with Crippen LogP contribution in [0.5, 0.6) is 0 Å². The van der Waals surface area contributed by atoms with E-state index in [1.807, 2.05) is 0 Å². The maximum Gasteiger partial charge on any atom is 0.308 e. The van der Waals surface area contributed by atoms with Crippen molar-refractivity contribution in [3.05, 3.63) is 39.9 Å². The van der Waals surface area contributed by atoms with Gasteiger partial charge in [-0.05, 0) is 12.8 Å². The highest BCUT2D eigenvalue weighted by Crippen LogP contribution is 2.21. The standard InChI is InChI=1S/C14H16N2O5/c17-13(15-7-3-5-11(9-15)14(18)19)8-10-4-1-2-6-12(10)16(20)21/h1-2,4,6,11H,3,5,7-9H2,(H,18,19)/t11-/m1/s1. The molecule has 1 saturated heterocycles. The molecule has 1 aliphatic heterocycles. The number of amides is 1. The van der Waals surface area contributed by atoms with Crippen molar-refractivity contribution < 1.29 is 19.6 Å². The molecule has 7 heteroatoms. The van der Waals surface area contributed by atoms with Crippen LogP contribution in [0.4, 0.5) is 5.69 Å². The molecule has 0 bridgehead atoms. The predicted molar refractivity (Wildman–Crippen MR) is 73.7 cm³/mol. The summed E-state index contributed by atoms with van der Waals surface area (Å²) in [4.78, 5) is 35.1. The molecule has 1 aromatic carbocycles. The molecule has 1 aromatic rings. The minimum atomic E-state index is -0.904. The van der Waals surface area contributed by atoms with Gasteiger partial charge in [-0.1, -0.05) is 18.2 Å². The molecule has 1 atom stereocenters. The lowest BCUT2D eigenvalue weighted by Gasteiger charge is -2.30. The van der Waals surface area contributed by atoms with Crippen LogP contribution < -0.4 is 0 Å². The number of benzene rings is 1. The van der Waals surface area contributed by atoms with Gasteiger partial charge in [0.1, 0.15) is 0 Å². The molecule has 0 unspecified atom stereocenters. The first-order chi connectivity index (χ1) is 9.99. The Kier molecular flexibility index (Phi) is 4.52. The molecule has 0 saturated carbocycles. The average Bonchev–Trinajstić information content (AvgIpc) is 2.47. The summed E-state index contributed by atoms with van der Waals surface area (Å²) in [6, 6.07) is 6.10. The Bertz CT molecular complexity index is 572. The summed E-state index contributed by atoms with van der Waals surface area (Å²) in [5.74, 6) is -1.72. The third-order valence-electron chi connectivity index (χ3n) is 3.65. The summed E-state index contributed by atoms with van der Waals surface area (Å²) < 4.78 is 0. The summed E-state index contributed by atoms with van der Waals surface area (Å²) in [6.07, 6.45) is 1.12. The van der Waals surface area contributed by atoms with Crippen LogP contribution >= 0.6 is 0 Å². The van der Waals surface area contributed by atoms with E-state index in [-0.39, 0.29) is 24.6 Å². The van der Waals surface area contributed by atoms with E-state index in [9.17, 15) is 19.7 Å². The molecule has 0 radical (unpaired) electrons. The molecule has 1 aliphatic rings. The van der Waals surface area contributed by atoms with E-state index in [4.69, 9.17) is 5.11 Å². The summed E-state index contributed by atoms with van der Waals surface area (Å²) in [7, 11) is 0. The number of para-hydroxylation sites is 1. The van der Waals surface area contributed by atoms with Crippen molar-refractivity contribution in [2.24, 2.45) is 5.92 Å². The van der Waals surface area contributed by atoms with Gasteiger partial charge in [0, 0.05) is 24.7 Å². The van der Waals surface area contributed by atoms with Crippen molar-refractivity contribution in [3.8, 4) is 0 Å². The Morgan fingerprint density at radius 2 is 2.10 bits per heavy atom. The molecule has 7 nitrogen and oxygen atoms in total. The zero-order valence-corrected chi connectivity index (χ0v) is 11.4. The van der Waals surface area contributed by atoms with Gasteiger partial charge >= 0.3 is 5.97 Å². The molecule has 1 N–H and O–H groups in total. The molecule has 0 spiro atoms. The second-order valence-electron chi connectivity index (χ2n) is 5.08. The van der Waals surface area contributed by atoms with E-state index in [0.29, 0.717) is 24.9 Å². The van der Waals surface area contributed by atoms with Crippen LogP contribution in [0.15, 0.2) is 24.3 Å². The normalized spacial score (nSPS) is 18.3. The topological polar surface area (TPSA) is 101 Å². The van der Waals surface area contributed by atoms with Gasteiger partial charge in [-0.25, -0.2) is 0 Å². The average molecular weight is 292 g/mol. The highest BCUT2D eigenvalue weighted by Gasteiger charge is 2.28. The number of aliphatic carboxylic acids is 1. The maximum absolute atomic E-state index is 12.2. The number of rotatable bonds is 4. The first kappa shape index (κ1) is 15.0. The zero-order valence-electron chi connectivity index (χ0n) is 11.4. The molecule has 1 amide bonds. The first-order valence-corrected chi connectivity index (χ1v) is 6.72. The summed E-state index contributed by atoms with van der Waals surface area (Å²) in [5, 5.41) is 19.9. The van der Waals surface area contributed by atoms with Crippen LogP contribution in [-0.4, -0.2) is 39.9 Å². The first-order valence-electron chi connectivity index (χ1n) is 6.72. The maximum atomic E-state index is 12.2. The second kappa shape index (κ2) is 6.34. The van der Waals surface area contributed by atoms with E-state index in [0.717, 1.165) is 0 Å². The fourth-order valence-electron chi connectivity index (χ4n) is 2.52. The van der Waals surface area contributed by atoms with Gasteiger partial charge in [-0.15, -0.1) is 0 Å². The minimum absolute atomic E-state index is 0.0799. The van der Waals surface area contributed by atoms with Crippen LogP contribution in [0.25, 0.3) is 0 Å². The van der Waals surface area contributed by atoms with Gasteiger partial charge in [-0.3, -0.25) is 19.7 Å². The Morgan fingerprint density at radius 1 is 1.38 bits per heavy atom. The van der Waals surface area contributed by atoms with E-state index in [1.165, 1.54) is 11.0 Å². The fraction of sp³-hybridized carbons (Fsp3) is 0.429. The van der Waals surface area contributed by atoms with Crippen LogP contribution in [-0.2, 0) is 16.0 Å². The van der Waals surface area contributed by atoms with Gasteiger partial charge in [0.25, 0.3) is 5.69 Å². The number of nitrogens with zero attached hydrogens (tertiary/aromatic N) is 2. The number of hydrogen-bond donors (Lipinski definition) is 1.